The third-order valence-corrected chi connectivity index (χ3v) is 7.49. The predicted octanol–water partition coefficient (Wildman–Crippen LogP) is 5.45. The van der Waals surface area contributed by atoms with Gasteiger partial charge in [-0.1, -0.05) is 73.8 Å². The van der Waals surface area contributed by atoms with Crippen LogP contribution in [0.25, 0.3) is 22.3 Å². The number of hydrogen-bond donors (Lipinski definition) is 1. The zero-order valence-corrected chi connectivity index (χ0v) is 22.3. The van der Waals surface area contributed by atoms with Gasteiger partial charge in [0.15, 0.2) is 5.65 Å². The van der Waals surface area contributed by atoms with Crippen LogP contribution in [-0.2, 0) is 16.6 Å². The van der Waals surface area contributed by atoms with Gasteiger partial charge in [-0.05, 0) is 48.2 Å². The largest absolute Gasteiger partial charge is 0.465 e. The number of hydrogen-bond acceptors (Lipinski definition) is 6. The van der Waals surface area contributed by atoms with E-state index in [-0.39, 0.29) is 11.4 Å². The lowest BCUT2D eigenvalue weighted by molar-refractivity contribution is 0.0977. The summed E-state index contributed by atoms with van der Waals surface area (Å²) in [7, 11) is -3.75. The van der Waals surface area contributed by atoms with Crippen LogP contribution in [0.5, 0.6) is 6.01 Å². The summed E-state index contributed by atoms with van der Waals surface area (Å²) in [6.07, 6.45) is 2.14. The molecule has 0 fully saturated rings. The van der Waals surface area contributed by atoms with Crippen LogP contribution >= 0.6 is 11.6 Å². The van der Waals surface area contributed by atoms with E-state index in [0.29, 0.717) is 41.8 Å². The monoisotopic (exact) mass is 540 g/mol. The Labute approximate surface area is 221 Å². The van der Waals surface area contributed by atoms with Crippen LogP contribution in [0.2, 0.25) is 5.02 Å². The van der Waals surface area contributed by atoms with Crippen LogP contribution in [0.4, 0.5) is 0 Å². The summed E-state index contributed by atoms with van der Waals surface area (Å²) in [5.41, 5.74) is 3.75. The second kappa shape index (κ2) is 11.7. The lowest BCUT2D eigenvalue weighted by Gasteiger charge is -2.12. The fourth-order valence-electron chi connectivity index (χ4n) is 3.93. The molecule has 0 unspecified atom stereocenters. The van der Waals surface area contributed by atoms with Crippen molar-refractivity contribution in [2.45, 2.75) is 39.7 Å². The summed E-state index contributed by atoms with van der Waals surface area (Å²) >= 11 is 6.66. The highest BCUT2D eigenvalue weighted by atomic mass is 35.5. The maximum atomic E-state index is 12.7. The Morgan fingerprint density at radius 1 is 1.00 bits per heavy atom. The van der Waals surface area contributed by atoms with E-state index in [4.69, 9.17) is 16.3 Å². The topological polar surface area (TPSA) is 103 Å². The van der Waals surface area contributed by atoms with E-state index in [2.05, 4.69) is 14.7 Å². The molecule has 1 N–H and O–H groups in total. The van der Waals surface area contributed by atoms with E-state index in [9.17, 15) is 13.2 Å². The number of rotatable bonds is 11. The Hall–Kier alpha value is -3.43. The minimum Gasteiger partial charge on any atom is -0.465 e. The quantitative estimate of drug-likeness (QED) is 0.254. The highest BCUT2D eigenvalue weighted by Gasteiger charge is 2.20. The first-order valence-corrected chi connectivity index (χ1v) is 14.2. The molecule has 1 amide bonds. The van der Waals surface area contributed by atoms with E-state index < -0.39 is 15.9 Å². The van der Waals surface area contributed by atoms with Crippen LogP contribution in [0.15, 0.2) is 60.7 Å². The molecule has 4 aromatic rings. The first kappa shape index (κ1) is 26.6. The molecule has 0 aliphatic carbocycles. The van der Waals surface area contributed by atoms with E-state index in [1.54, 1.807) is 10.6 Å². The van der Waals surface area contributed by atoms with Crippen molar-refractivity contribution in [2.75, 3.05) is 12.4 Å². The molecule has 0 spiro atoms. The van der Waals surface area contributed by atoms with Crippen LogP contribution in [-0.4, -0.2) is 41.2 Å². The standard InChI is InChI=1S/C27H29ClN4O4S/c1-3-5-9-16-37(34,35)31-26(33)24-15-14-23-25(29-24)32(27(30-23)36-4-2)18-21-13-12-20(17-22(21)28)19-10-7-6-8-11-19/h6-8,10-15,17H,3-5,9,16,18H2,1-2H3,(H,31,33). The fourth-order valence-corrected chi connectivity index (χ4v) is 5.25. The molecule has 2 heterocycles. The zero-order chi connectivity index (χ0) is 26.4. The number of carbonyl (C=O) groups is 1. The number of imidazole rings is 1. The maximum Gasteiger partial charge on any atom is 0.298 e. The van der Waals surface area contributed by atoms with Crippen molar-refractivity contribution in [3.63, 3.8) is 0 Å². The Morgan fingerprint density at radius 2 is 1.78 bits per heavy atom. The highest BCUT2D eigenvalue weighted by Crippen LogP contribution is 2.29. The summed E-state index contributed by atoms with van der Waals surface area (Å²) in [5, 5.41) is 0.567. The number of pyridine rings is 1. The zero-order valence-electron chi connectivity index (χ0n) is 20.8. The van der Waals surface area contributed by atoms with Gasteiger partial charge in [-0.3, -0.25) is 9.36 Å². The molecule has 37 heavy (non-hydrogen) atoms. The Bertz CT molecular complexity index is 1500. The predicted molar refractivity (Wildman–Crippen MR) is 145 cm³/mol. The van der Waals surface area contributed by atoms with E-state index in [1.165, 1.54) is 6.07 Å². The number of nitrogens with zero attached hydrogens (tertiary/aromatic N) is 3. The lowest BCUT2D eigenvalue weighted by Crippen LogP contribution is -2.33. The highest BCUT2D eigenvalue weighted by molar-refractivity contribution is 7.90. The minimum absolute atomic E-state index is 0.0266. The summed E-state index contributed by atoms with van der Waals surface area (Å²) in [5.74, 6) is -0.895. The maximum absolute atomic E-state index is 12.7. The normalized spacial score (nSPS) is 11.5. The van der Waals surface area contributed by atoms with Gasteiger partial charge in [0.2, 0.25) is 10.0 Å². The molecule has 0 atom stereocenters. The minimum atomic E-state index is -3.75. The van der Waals surface area contributed by atoms with Crippen LogP contribution < -0.4 is 9.46 Å². The summed E-state index contributed by atoms with van der Waals surface area (Å²) < 4.78 is 34.2. The number of nitrogens with one attached hydrogen (secondary N) is 1. The number of sulfonamides is 1. The molecule has 0 aliphatic heterocycles. The summed E-state index contributed by atoms with van der Waals surface area (Å²) in [4.78, 5) is 21.7. The van der Waals surface area contributed by atoms with E-state index in [1.807, 2.05) is 62.4 Å². The van der Waals surface area contributed by atoms with Gasteiger partial charge in [-0.15, -0.1) is 0 Å². The van der Waals surface area contributed by atoms with Gasteiger partial charge in [0.25, 0.3) is 11.9 Å². The molecule has 194 valence electrons. The van der Waals surface area contributed by atoms with Gasteiger partial charge in [0, 0.05) is 5.02 Å². The first-order valence-electron chi connectivity index (χ1n) is 12.2. The summed E-state index contributed by atoms with van der Waals surface area (Å²) in [6.45, 7) is 4.51. The van der Waals surface area contributed by atoms with E-state index in [0.717, 1.165) is 29.5 Å². The van der Waals surface area contributed by atoms with Crippen molar-refractivity contribution in [1.29, 1.82) is 0 Å². The van der Waals surface area contributed by atoms with Gasteiger partial charge < -0.3 is 4.74 Å². The number of halogens is 1. The first-order chi connectivity index (χ1) is 17.8. The van der Waals surface area contributed by atoms with Gasteiger partial charge in [0.05, 0.1) is 18.9 Å². The summed E-state index contributed by atoms with van der Waals surface area (Å²) in [6, 6.07) is 19.2. The van der Waals surface area contributed by atoms with Crippen molar-refractivity contribution < 1.29 is 17.9 Å². The molecule has 0 radical (unpaired) electrons. The molecule has 0 saturated carbocycles. The van der Waals surface area contributed by atoms with Gasteiger partial charge in [-0.2, -0.15) is 4.98 Å². The Morgan fingerprint density at radius 3 is 2.49 bits per heavy atom. The average Bonchev–Trinajstić information content (AvgIpc) is 3.22. The molecule has 0 bridgehead atoms. The molecule has 0 saturated heterocycles. The third-order valence-electron chi connectivity index (χ3n) is 5.82. The SMILES string of the molecule is CCCCCS(=O)(=O)NC(=O)c1ccc2nc(OCC)n(Cc3ccc(-c4ccccc4)cc3Cl)c2n1. The second-order valence-electron chi connectivity index (χ2n) is 8.58. The van der Waals surface area contributed by atoms with Crippen molar-refractivity contribution in [1.82, 2.24) is 19.3 Å². The number of amides is 1. The van der Waals surface area contributed by atoms with Crippen molar-refractivity contribution in [3.8, 4) is 17.1 Å². The number of fused-ring (bicyclic) bond motifs is 1. The smallest absolute Gasteiger partial charge is 0.298 e. The second-order valence-corrected chi connectivity index (χ2v) is 10.8. The number of carbonyl (C=O) groups excluding carboxylic acids is 1. The van der Waals surface area contributed by atoms with E-state index >= 15 is 0 Å². The average molecular weight is 541 g/mol. The van der Waals surface area contributed by atoms with Gasteiger partial charge in [-0.25, -0.2) is 18.1 Å². The van der Waals surface area contributed by atoms with Crippen LogP contribution in [0.1, 0.15) is 49.2 Å². The van der Waals surface area contributed by atoms with Crippen molar-refractivity contribution >= 4 is 38.7 Å². The third kappa shape index (κ3) is 6.47. The van der Waals surface area contributed by atoms with Gasteiger partial charge >= 0.3 is 0 Å². The number of unbranched alkanes of at least 4 members (excludes halogenated alkanes) is 2. The molecule has 2 aromatic heterocycles. The van der Waals surface area contributed by atoms with Crippen LogP contribution in [0.3, 0.4) is 0 Å². The molecular weight excluding hydrogens is 512 g/mol. The lowest BCUT2D eigenvalue weighted by atomic mass is 10.0. The number of ether oxygens (including phenoxy) is 1. The molecule has 8 nitrogen and oxygen atoms in total. The molecule has 4 rings (SSSR count). The van der Waals surface area contributed by atoms with Gasteiger partial charge in [0.1, 0.15) is 11.2 Å². The van der Waals surface area contributed by atoms with Crippen molar-refractivity contribution in [3.05, 3.63) is 76.9 Å². The Balaban J connectivity index is 1.64. The molecular formula is C27H29ClN4O4S. The number of benzene rings is 2. The van der Waals surface area contributed by atoms with Crippen LogP contribution in [0, 0.1) is 0 Å². The van der Waals surface area contributed by atoms with Crippen molar-refractivity contribution in [2.24, 2.45) is 0 Å². The number of aromatic nitrogens is 3. The Kier molecular flexibility index (Phi) is 8.45. The molecule has 2 aromatic carbocycles. The molecule has 10 heteroatoms. The molecule has 0 aliphatic rings. The fraction of sp³-hybridized carbons (Fsp3) is 0.296.